The van der Waals surface area contributed by atoms with Crippen LogP contribution in [-0.2, 0) is 0 Å². The van der Waals surface area contributed by atoms with Crippen LogP contribution in [0, 0.1) is 34.5 Å². The van der Waals surface area contributed by atoms with Gasteiger partial charge in [-0.25, -0.2) is 0 Å². The first-order valence-electron chi connectivity index (χ1n) is 12.0. The minimum absolute atomic E-state index is 0.111. The summed E-state index contributed by atoms with van der Waals surface area (Å²) in [6, 6.07) is 0. The van der Waals surface area contributed by atoms with Crippen LogP contribution in [0.4, 0.5) is 0 Å². The van der Waals surface area contributed by atoms with E-state index in [4.69, 9.17) is 0 Å². The molecule has 4 rings (SSSR count). The van der Waals surface area contributed by atoms with Crippen molar-refractivity contribution in [1.29, 1.82) is 0 Å². The molecule has 1 nitrogen and oxygen atoms in total. The van der Waals surface area contributed by atoms with Crippen molar-refractivity contribution in [1.82, 2.24) is 0 Å². The predicted molar refractivity (Wildman–Crippen MR) is 119 cm³/mol. The summed E-state index contributed by atoms with van der Waals surface area (Å²) in [5.41, 5.74) is 5.60. The minimum Gasteiger partial charge on any atom is -0.393 e. The molecule has 3 saturated carbocycles. The molecule has 1 N–H and O–H groups in total. The number of aliphatic hydroxyl groups is 1. The zero-order chi connectivity index (χ0) is 20.1. The first-order valence-corrected chi connectivity index (χ1v) is 12.0. The van der Waals surface area contributed by atoms with E-state index in [-0.39, 0.29) is 6.10 Å². The van der Waals surface area contributed by atoms with E-state index in [2.05, 4.69) is 52.8 Å². The van der Waals surface area contributed by atoms with Gasteiger partial charge in [-0.1, -0.05) is 55.7 Å². The summed E-state index contributed by atoms with van der Waals surface area (Å²) in [5.74, 6) is 3.25. The summed E-state index contributed by atoms with van der Waals surface area (Å²) in [7, 11) is 0. The highest BCUT2D eigenvalue weighted by Crippen LogP contribution is 2.66. The molecule has 0 aliphatic heterocycles. The summed E-state index contributed by atoms with van der Waals surface area (Å²) in [5, 5.41) is 10.2. The van der Waals surface area contributed by atoms with Gasteiger partial charge in [-0.3, -0.25) is 0 Å². The van der Waals surface area contributed by atoms with Crippen LogP contribution in [0.1, 0.15) is 92.4 Å². The SMILES string of the molecule is CC(C)=CCC[C@@H](C)[C@H]1CC[C@H]2C3=CC=C4C[C@@H](O)CC[C@]4(C)[C@@H]3CC[C@@]12C. The second-order valence-corrected chi connectivity index (χ2v) is 11.3. The van der Waals surface area contributed by atoms with E-state index in [9.17, 15) is 5.11 Å². The Balaban J connectivity index is 1.55. The molecule has 0 radical (unpaired) electrons. The van der Waals surface area contributed by atoms with Gasteiger partial charge in [0.1, 0.15) is 0 Å². The van der Waals surface area contributed by atoms with E-state index in [1.807, 2.05) is 0 Å². The van der Waals surface area contributed by atoms with Crippen molar-refractivity contribution in [2.75, 3.05) is 0 Å². The lowest BCUT2D eigenvalue weighted by atomic mass is 9.50. The fourth-order valence-corrected chi connectivity index (χ4v) is 7.79. The first-order chi connectivity index (χ1) is 13.3. The van der Waals surface area contributed by atoms with Gasteiger partial charge in [0.15, 0.2) is 0 Å². The Bertz CT molecular complexity index is 693. The van der Waals surface area contributed by atoms with Crippen LogP contribution in [0.5, 0.6) is 0 Å². The molecular formula is C27H42O. The highest BCUT2D eigenvalue weighted by molar-refractivity contribution is 5.38. The fraction of sp³-hybridized carbons (Fsp3) is 0.778. The van der Waals surface area contributed by atoms with Crippen molar-refractivity contribution in [3.8, 4) is 0 Å². The summed E-state index contributed by atoms with van der Waals surface area (Å²) in [4.78, 5) is 0. The molecule has 1 heteroatoms. The molecule has 0 heterocycles. The molecule has 156 valence electrons. The van der Waals surface area contributed by atoms with E-state index >= 15 is 0 Å². The quantitative estimate of drug-likeness (QED) is 0.508. The average Bonchev–Trinajstić information content (AvgIpc) is 2.99. The largest absolute Gasteiger partial charge is 0.393 e. The average molecular weight is 383 g/mol. The monoisotopic (exact) mass is 382 g/mol. The number of allylic oxidation sites excluding steroid dienone is 5. The summed E-state index contributed by atoms with van der Waals surface area (Å²) >= 11 is 0. The molecule has 28 heavy (non-hydrogen) atoms. The molecule has 7 atom stereocenters. The molecule has 0 bridgehead atoms. The third-order valence-electron chi connectivity index (χ3n) is 9.48. The van der Waals surface area contributed by atoms with E-state index in [1.54, 1.807) is 5.57 Å². The smallest absolute Gasteiger partial charge is 0.0578 e. The highest BCUT2D eigenvalue weighted by Gasteiger charge is 2.56. The lowest BCUT2D eigenvalue weighted by Gasteiger charge is -2.55. The van der Waals surface area contributed by atoms with Crippen LogP contribution in [-0.4, -0.2) is 11.2 Å². The maximum Gasteiger partial charge on any atom is 0.0578 e. The lowest BCUT2D eigenvalue weighted by molar-refractivity contribution is 0.0328. The number of fused-ring (bicyclic) bond motifs is 5. The number of aliphatic hydroxyl groups excluding tert-OH is 1. The van der Waals surface area contributed by atoms with Crippen molar-refractivity contribution >= 4 is 0 Å². The zero-order valence-electron chi connectivity index (χ0n) is 18.9. The molecular weight excluding hydrogens is 340 g/mol. The third kappa shape index (κ3) is 3.26. The topological polar surface area (TPSA) is 20.2 Å². The van der Waals surface area contributed by atoms with Crippen LogP contribution in [0.2, 0.25) is 0 Å². The standard InChI is InChI=1S/C27H42O/c1-18(2)7-6-8-19(3)23-11-12-24-22-10-9-20-17-21(28)13-15-26(20,4)25(22)14-16-27(23,24)5/h7,9-10,19,21,23-25,28H,6,8,11-17H2,1-5H3/t19-,21+,23-,24+,25-,26+,27+/m1/s1. The Labute approximate surface area is 173 Å². The van der Waals surface area contributed by atoms with Gasteiger partial charge in [0.2, 0.25) is 0 Å². The van der Waals surface area contributed by atoms with Crippen molar-refractivity contribution in [2.45, 2.75) is 98.5 Å². The van der Waals surface area contributed by atoms with Gasteiger partial charge in [0.25, 0.3) is 0 Å². The van der Waals surface area contributed by atoms with E-state index in [1.165, 1.54) is 56.1 Å². The van der Waals surface area contributed by atoms with Crippen molar-refractivity contribution < 1.29 is 5.11 Å². The van der Waals surface area contributed by atoms with Gasteiger partial charge in [-0.2, -0.15) is 0 Å². The van der Waals surface area contributed by atoms with E-state index in [0.717, 1.165) is 36.5 Å². The Morgan fingerprint density at radius 2 is 1.89 bits per heavy atom. The molecule has 4 aliphatic rings. The van der Waals surface area contributed by atoms with E-state index < -0.39 is 0 Å². The molecule has 4 aliphatic carbocycles. The maximum atomic E-state index is 10.2. The van der Waals surface area contributed by atoms with Crippen LogP contribution in [0.15, 0.2) is 34.9 Å². The Morgan fingerprint density at radius 3 is 2.64 bits per heavy atom. The molecule has 0 spiro atoms. The van der Waals surface area contributed by atoms with Crippen LogP contribution < -0.4 is 0 Å². The van der Waals surface area contributed by atoms with Crippen molar-refractivity contribution in [3.05, 3.63) is 34.9 Å². The van der Waals surface area contributed by atoms with E-state index in [0.29, 0.717) is 10.8 Å². The highest BCUT2D eigenvalue weighted by atomic mass is 16.3. The normalized spacial score (nSPS) is 43.2. The number of hydrogen-bond acceptors (Lipinski definition) is 1. The summed E-state index contributed by atoms with van der Waals surface area (Å²) in [6.45, 7) is 12.1. The second-order valence-electron chi connectivity index (χ2n) is 11.3. The van der Waals surface area contributed by atoms with Crippen molar-refractivity contribution in [3.63, 3.8) is 0 Å². The molecule has 3 fully saturated rings. The van der Waals surface area contributed by atoms with Crippen molar-refractivity contribution in [2.24, 2.45) is 34.5 Å². The molecule has 0 saturated heterocycles. The summed E-state index contributed by atoms with van der Waals surface area (Å²) < 4.78 is 0. The van der Waals surface area contributed by atoms with Gasteiger partial charge in [0.05, 0.1) is 6.10 Å². The third-order valence-corrected chi connectivity index (χ3v) is 9.48. The van der Waals surface area contributed by atoms with Crippen LogP contribution in [0.25, 0.3) is 0 Å². The predicted octanol–water partition coefficient (Wildman–Crippen LogP) is 7.23. The first kappa shape index (κ1) is 20.5. The van der Waals surface area contributed by atoms with Gasteiger partial charge in [-0.05, 0) is 106 Å². The Morgan fingerprint density at radius 1 is 1.11 bits per heavy atom. The van der Waals surface area contributed by atoms with Gasteiger partial charge in [0, 0.05) is 0 Å². The zero-order valence-corrected chi connectivity index (χ0v) is 18.9. The molecule has 0 unspecified atom stereocenters. The Hall–Kier alpha value is -0.820. The molecule has 0 aromatic rings. The Kier molecular flexibility index (Phi) is 5.45. The molecule has 0 aromatic heterocycles. The number of hydrogen-bond donors (Lipinski definition) is 1. The van der Waals surface area contributed by atoms with Crippen LogP contribution in [0.3, 0.4) is 0 Å². The molecule has 0 amide bonds. The van der Waals surface area contributed by atoms with Gasteiger partial charge >= 0.3 is 0 Å². The second kappa shape index (κ2) is 7.46. The number of rotatable bonds is 4. The molecule has 0 aromatic carbocycles. The minimum atomic E-state index is -0.111. The van der Waals surface area contributed by atoms with Gasteiger partial charge < -0.3 is 5.11 Å². The lowest BCUT2D eigenvalue weighted by Crippen LogP contribution is -2.46. The summed E-state index contributed by atoms with van der Waals surface area (Å²) in [6.07, 6.45) is 18.5. The maximum absolute atomic E-state index is 10.2. The van der Waals surface area contributed by atoms with Crippen LogP contribution >= 0.6 is 0 Å². The fourth-order valence-electron chi connectivity index (χ4n) is 7.79. The van der Waals surface area contributed by atoms with Gasteiger partial charge in [-0.15, -0.1) is 0 Å².